The van der Waals surface area contributed by atoms with Crippen LogP contribution in [0.3, 0.4) is 0 Å². The number of pyridine rings is 2. The lowest BCUT2D eigenvalue weighted by Gasteiger charge is -2.21. The van der Waals surface area contributed by atoms with E-state index in [2.05, 4.69) is 15.4 Å². The highest BCUT2D eigenvalue weighted by molar-refractivity contribution is 5.97. The molecule has 41 heavy (non-hydrogen) atoms. The van der Waals surface area contributed by atoms with Gasteiger partial charge >= 0.3 is 5.97 Å². The first kappa shape index (κ1) is 26.3. The highest BCUT2D eigenvalue weighted by Crippen LogP contribution is 2.48. The molecule has 1 amide bonds. The Morgan fingerprint density at radius 1 is 1.05 bits per heavy atom. The van der Waals surface area contributed by atoms with Crippen LogP contribution in [-0.4, -0.2) is 36.7 Å². The quantitative estimate of drug-likeness (QED) is 0.252. The van der Waals surface area contributed by atoms with E-state index in [1.165, 1.54) is 4.68 Å². The van der Waals surface area contributed by atoms with E-state index in [-0.39, 0.29) is 12.5 Å². The van der Waals surface area contributed by atoms with Crippen molar-refractivity contribution in [3.8, 4) is 11.3 Å². The van der Waals surface area contributed by atoms with Crippen LogP contribution in [0.2, 0.25) is 0 Å². The van der Waals surface area contributed by atoms with Crippen LogP contribution in [0.15, 0.2) is 85.3 Å². The van der Waals surface area contributed by atoms with Crippen molar-refractivity contribution >= 4 is 22.8 Å². The van der Waals surface area contributed by atoms with Crippen molar-refractivity contribution in [1.82, 2.24) is 25.1 Å². The Morgan fingerprint density at radius 3 is 2.63 bits per heavy atom. The minimum atomic E-state index is -0.966. The monoisotopic (exact) mass is 547 g/mol. The van der Waals surface area contributed by atoms with Crippen LogP contribution in [0.1, 0.15) is 45.6 Å². The second kappa shape index (κ2) is 10.9. The van der Waals surface area contributed by atoms with Gasteiger partial charge in [0.05, 0.1) is 41.9 Å². The number of hydrogen-bond donors (Lipinski definition) is 2. The van der Waals surface area contributed by atoms with Crippen LogP contribution >= 0.6 is 0 Å². The number of nitrogens with zero attached hydrogens (tertiary/aromatic N) is 4. The molecular weight excluding hydrogens is 518 g/mol. The van der Waals surface area contributed by atoms with Crippen LogP contribution < -0.4 is 5.32 Å². The summed E-state index contributed by atoms with van der Waals surface area (Å²) >= 11 is 0. The van der Waals surface area contributed by atoms with E-state index in [1.807, 2.05) is 73.7 Å². The number of aryl methyl sites for hydroxylation is 1. The number of aliphatic carboxylic acids is 1. The molecule has 0 aliphatic heterocycles. The lowest BCUT2D eigenvalue weighted by Crippen LogP contribution is -2.35. The molecule has 1 aliphatic carbocycles. The van der Waals surface area contributed by atoms with Gasteiger partial charge in [-0.1, -0.05) is 36.4 Å². The molecule has 9 heteroatoms. The molecule has 0 bridgehead atoms. The van der Waals surface area contributed by atoms with Gasteiger partial charge in [0.15, 0.2) is 0 Å². The number of ether oxygens (including phenoxy) is 1. The zero-order chi connectivity index (χ0) is 28.4. The predicted molar refractivity (Wildman–Crippen MR) is 153 cm³/mol. The Balaban J connectivity index is 1.22. The number of carboxylic acids is 1. The van der Waals surface area contributed by atoms with Crippen molar-refractivity contribution in [2.75, 3.05) is 0 Å². The summed E-state index contributed by atoms with van der Waals surface area (Å²) in [7, 11) is 0. The van der Waals surface area contributed by atoms with Crippen molar-refractivity contribution < 1.29 is 19.4 Å². The standard InChI is InChI=1S/C32H29N5O4/c1-21-14-22(19-41-20-24-6-4-5-13-33-24)9-10-25(21)31(40)36-32(11-12-32)27-15-29(35-28-8-3-2-7-26(27)28)23-16-34-37(17-23)18-30(38)39/h2-10,13-17H,11-12,18-20H2,1H3,(H,36,40)(H,38,39). The summed E-state index contributed by atoms with van der Waals surface area (Å²) in [5.74, 6) is -1.09. The summed E-state index contributed by atoms with van der Waals surface area (Å²) < 4.78 is 7.19. The second-order valence-corrected chi connectivity index (χ2v) is 10.4. The number of carbonyl (C=O) groups is 2. The van der Waals surface area contributed by atoms with E-state index >= 15 is 0 Å². The molecule has 3 aromatic heterocycles. The average molecular weight is 548 g/mol. The third-order valence-electron chi connectivity index (χ3n) is 7.34. The first-order chi connectivity index (χ1) is 19.9. The maximum absolute atomic E-state index is 13.6. The van der Waals surface area contributed by atoms with E-state index in [4.69, 9.17) is 14.8 Å². The number of carboxylic acid groups (broad SMARTS) is 1. The molecule has 0 atom stereocenters. The van der Waals surface area contributed by atoms with Gasteiger partial charge in [0.2, 0.25) is 0 Å². The molecule has 6 rings (SSSR count). The third-order valence-corrected chi connectivity index (χ3v) is 7.34. The van der Waals surface area contributed by atoms with Crippen LogP contribution in [0, 0.1) is 6.92 Å². The molecule has 206 valence electrons. The maximum atomic E-state index is 13.6. The summed E-state index contributed by atoms with van der Waals surface area (Å²) in [6.45, 7) is 2.56. The van der Waals surface area contributed by atoms with Crippen molar-refractivity contribution in [2.45, 2.75) is 45.1 Å². The molecule has 0 unspecified atom stereocenters. The Labute approximate surface area is 236 Å². The summed E-state index contributed by atoms with van der Waals surface area (Å²) in [6, 6.07) is 21.4. The van der Waals surface area contributed by atoms with Crippen LogP contribution in [0.25, 0.3) is 22.2 Å². The van der Waals surface area contributed by atoms with E-state index in [0.29, 0.717) is 24.5 Å². The first-order valence-electron chi connectivity index (χ1n) is 13.4. The van der Waals surface area contributed by atoms with Crippen molar-refractivity contribution in [3.63, 3.8) is 0 Å². The number of carbonyl (C=O) groups excluding carboxylic acids is 1. The smallest absolute Gasteiger partial charge is 0.325 e. The topological polar surface area (TPSA) is 119 Å². The number of fused-ring (bicyclic) bond motifs is 1. The molecule has 3 heterocycles. The first-order valence-corrected chi connectivity index (χ1v) is 13.4. The normalized spacial score (nSPS) is 13.7. The van der Waals surface area contributed by atoms with Crippen molar-refractivity contribution in [2.24, 2.45) is 0 Å². The molecule has 2 N–H and O–H groups in total. The molecule has 1 aliphatic rings. The zero-order valence-electron chi connectivity index (χ0n) is 22.6. The van der Waals surface area contributed by atoms with Gasteiger partial charge in [0.1, 0.15) is 6.54 Å². The zero-order valence-corrected chi connectivity index (χ0v) is 22.6. The van der Waals surface area contributed by atoms with Gasteiger partial charge in [-0.15, -0.1) is 0 Å². The number of rotatable bonds is 10. The predicted octanol–water partition coefficient (Wildman–Crippen LogP) is 5.02. The number of nitrogens with one attached hydrogen (secondary N) is 1. The number of benzene rings is 2. The molecule has 1 fully saturated rings. The van der Waals surface area contributed by atoms with E-state index in [1.54, 1.807) is 18.6 Å². The average Bonchev–Trinajstić information content (AvgIpc) is 3.60. The Bertz CT molecular complexity index is 1740. The fourth-order valence-electron chi connectivity index (χ4n) is 5.14. The van der Waals surface area contributed by atoms with Crippen molar-refractivity contribution in [3.05, 3.63) is 113 Å². The molecule has 2 aromatic carbocycles. The summed E-state index contributed by atoms with van der Waals surface area (Å²) in [5, 5.41) is 17.6. The Morgan fingerprint density at radius 2 is 1.88 bits per heavy atom. The maximum Gasteiger partial charge on any atom is 0.325 e. The highest BCUT2D eigenvalue weighted by atomic mass is 16.5. The van der Waals surface area contributed by atoms with Gasteiger partial charge in [-0.25, -0.2) is 4.98 Å². The van der Waals surface area contributed by atoms with Crippen LogP contribution in [-0.2, 0) is 34.8 Å². The summed E-state index contributed by atoms with van der Waals surface area (Å²) in [6.07, 6.45) is 6.66. The molecule has 0 spiro atoms. The van der Waals surface area contributed by atoms with Gasteiger partial charge in [0, 0.05) is 28.9 Å². The van der Waals surface area contributed by atoms with E-state index in [9.17, 15) is 9.59 Å². The third kappa shape index (κ3) is 5.71. The molecule has 0 radical (unpaired) electrons. The molecule has 5 aromatic rings. The molecule has 1 saturated carbocycles. The minimum Gasteiger partial charge on any atom is -0.480 e. The van der Waals surface area contributed by atoms with Crippen LogP contribution in [0.5, 0.6) is 0 Å². The lowest BCUT2D eigenvalue weighted by molar-refractivity contribution is -0.137. The summed E-state index contributed by atoms with van der Waals surface area (Å²) in [4.78, 5) is 33.8. The number of amides is 1. The van der Waals surface area contributed by atoms with Gasteiger partial charge in [-0.05, 0) is 66.8 Å². The SMILES string of the molecule is Cc1cc(COCc2ccccn2)ccc1C(=O)NC1(c2cc(-c3cnn(CC(=O)O)c3)nc3ccccc23)CC1. The van der Waals surface area contributed by atoms with Gasteiger partial charge in [-0.2, -0.15) is 5.10 Å². The largest absolute Gasteiger partial charge is 0.480 e. The van der Waals surface area contributed by atoms with Gasteiger partial charge in [-0.3, -0.25) is 19.3 Å². The number of para-hydroxylation sites is 1. The highest BCUT2D eigenvalue weighted by Gasteiger charge is 2.47. The van der Waals surface area contributed by atoms with E-state index < -0.39 is 11.5 Å². The fourth-order valence-corrected chi connectivity index (χ4v) is 5.14. The van der Waals surface area contributed by atoms with Gasteiger partial charge in [0.25, 0.3) is 5.91 Å². The Hall–Kier alpha value is -4.89. The van der Waals surface area contributed by atoms with E-state index in [0.717, 1.165) is 51.7 Å². The van der Waals surface area contributed by atoms with Crippen LogP contribution in [0.4, 0.5) is 0 Å². The number of aromatic nitrogens is 4. The second-order valence-electron chi connectivity index (χ2n) is 10.4. The fraction of sp³-hybridized carbons (Fsp3) is 0.219. The van der Waals surface area contributed by atoms with Gasteiger partial charge < -0.3 is 15.2 Å². The minimum absolute atomic E-state index is 0.127. The van der Waals surface area contributed by atoms with Crippen molar-refractivity contribution in [1.29, 1.82) is 0 Å². The summed E-state index contributed by atoms with van der Waals surface area (Å²) in [5.41, 5.74) is 6.05. The Kier molecular flexibility index (Phi) is 7.03. The number of hydrogen-bond acceptors (Lipinski definition) is 6. The molecule has 0 saturated heterocycles. The lowest BCUT2D eigenvalue weighted by atomic mass is 9.96. The molecule has 9 nitrogen and oxygen atoms in total. The molecular formula is C32H29N5O4.